The highest BCUT2D eigenvalue weighted by molar-refractivity contribution is 4.92. The van der Waals surface area contributed by atoms with Gasteiger partial charge in [-0.25, -0.2) is 0 Å². The number of nitrogens with zero attached hydrogens (tertiary/aromatic N) is 1. The zero-order chi connectivity index (χ0) is 13.8. The van der Waals surface area contributed by atoms with Gasteiger partial charge in [0, 0.05) is 25.7 Å². The third kappa shape index (κ3) is 3.93. The minimum atomic E-state index is 0.385. The van der Waals surface area contributed by atoms with Crippen LogP contribution >= 0.6 is 0 Å². The predicted octanol–water partition coefficient (Wildman–Crippen LogP) is 2.50. The molecule has 2 rings (SSSR count). The fourth-order valence-corrected chi connectivity index (χ4v) is 4.00. The molecule has 112 valence electrons. The Morgan fingerprint density at radius 1 is 1.26 bits per heavy atom. The molecule has 2 N–H and O–H groups in total. The second-order valence-corrected chi connectivity index (χ2v) is 7.01. The molecule has 3 nitrogen and oxygen atoms in total. The Hall–Kier alpha value is -0.120. The first-order valence-electron chi connectivity index (χ1n) is 8.10. The second-order valence-electron chi connectivity index (χ2n) is 7.01. The molecular weight excluding hydrogens is 236 g/mol. The van der Waals surface area contributed by atoms with E-state index in [-0.39, 0.29) is 0 Å². The van der Waals surface area contributed by atoms with E-state index in [1.165, 1.54) is 45.2 Å². The molecule has 2 fully saturated rings. The third-order valence-electron chi connectivity index (χ3n) is 5.27. The largest absolute Gasteiger partial charge is 0.384 e. The fraction of sp³-hybridized carbons (Fsp3) is 1.00. The number of hydrogen-bond donors (Lipinski definition) is 1. The molecule has 1 aliphatic carbocycles. The van der Waals surface area contributed by atoms with Gasteiger partial charge in [-0.3, -0.25) is 4.90 Å². The number of ether oxygens (including phenoxy) is 1. The van der Waals surface area contributed by atoms with E-state index >= 15 is 0 Å². The molecule has 1 aliphatic heterocycles. The van der Waals surface area contributed by atoms with Crippen molar-refractivity contribution < 1.29 is 4.74 Å². The Kier molecular flexibility index (Phi) is 5.67. The normalized spacial score (nSPS) is 37.7. The van der Waals surface area contributed by atoms with Gasteiger partial charge in [-0.2, -0.15) is 0 Å². The summed E-state index contributed by atoms with van der Waals surface area (Å²) in [6.45, 7) is 8.07. The van der Waals surface area contributed by atoms with Gasteiger partial charge in [0.05, 0.1) is 6.61 Å². The number of hydrogen-bond acceptors (Lipinski definition) is 3. The van der Waals surface area contributed by atoms with Crippen LogP contribution in [-0.2, 0) is 4.74 Å². The number of piperidine rings is 1. The second kappa shape index (κ2) is 7.05. The van der Waals surface area contributed by atoms with Crippen molar-refractivity contribution >= 4 is 0 Å². The lowest BCUT2D eigenvalue weighted by molar-refractivity contribution is 0.0351. The summed E-state index contributed by atoms with van der Waals surface area (Å²) >= 11 is 0. The molecule has 4 atom stereocenters. The molecule has 0 aromatic rings. The molecule has 0 aromatic carbocycles. The topological polar surface area (TPSA) is 38.5 Å². The summed E-state index contributed by atoms with van der Waals surface area (Å²) in [6, 6.07) is 0.997. The zero-order valence-corrected chi connectivity index (χ0v) is 13.0. The molecule has 0 spiro atoms. The van der Waals surface area contributed by atoms with E-state index in [4.69, 9.17) is 10.5 Å². The van der Waals surface area contributed by atoms with Gasteiger partial charge in [-0.1, -0.05) is 13.8 Å². The van der Waals surface area contributed by atoms with Crippen molar-refractivity contribution in [3.63, 3.8) is 0 Å². The number of rotatable bonds is 4. The van der Waals surface area contributed by atoms with Crippen LogP contribution in [0.4, 0.5) is 0 Å². The summed E-state index contributed by atoms with van der Waals surface area (Å²) < 4.78 is 5.35. The Bertz CT molecular complexity index is 267. The quantitative estimate of drug-likeness (QED) is 0.851. The average Bonchev–Trinajstić information content (AvgIpc) is 2.39. The van der Waals surface area contributed by atoms with Crippen LogP contribution in [0.5, 0.6) is 0 Å². The zero-order valence-electron chi connectivity index (χ0n) is 13.0. The average molecular weight is 268 g/mol. The van der Waals surface area contributed by atoms with Crippen LogP contribution < -0.4 is 5.73 Å². The van der Waals surface area contributed by atoms with Gasteiger partial charge < -0.3 is 10.5 Å². The summed E-state index contributed by atoms with van der Waals surface area (Å²) in [7, 11) is 1.82. The molecule has 4 unspecified atom stereocenters. The maximum absolute atomic E-state index is 6.42. The third-order valence-corrected chi connectivity index (χ3v) is 5.27. The van der Waals surface area contributed by atoms with Crippen LogP contribution in [0.25, 0.3) is 0 Å². The van der Waals surface area contributed by atoms with Gasteiger partial charge in [0.1, 0.15) is 0 Å². The Morgan fingerprint density at radius 3 is 2.74 bits per heavy atom. The lowest BCUT2D eigenvalue weighted by Gasteiger charge is -2.45. The highest BCUT2D eigenvalue weighted by Crippen LogP contribution is 2.33. The molecule has 2 aliphatic rings. The first-order chi connectivity index (χ1) is 9.11. The van der Waals surface area contributed by atoms with E-state index in [2.05, 4.69) is 18.7 Å². The number of likely N-dealkylation sites (tertiary alicyclic amines) is 1. The van der Waals surface area contributed by atoms with E-state index in [9.17, 15) is 0 Å². The van der Waals surface area contributed by atoms with Crippen molar-refractivity contribution in [3.05, 3.63) is 0 Å². The molecular formula is C16H32N2O. The summed E-state index contributed by atoms with van der Waals surface area (Å²) in [5.74, 6) is 2.38. The van der Waals surface area contributed by atoms with Crippen molar-refractivity contribution in [3.8, 4) is 0 Å². The van der Waals surface area contributed by atoms with Crippen LogP contribution in [0.15, 0.2) is 0 Å². The van der Waals surface area contributed by atoms with E-state index in [0.717, 1.165) is 18.4 Å². The maximum Gasteiger partial charge on any atom is 0.0502 e. The van der Waals surface area contributed by atoms with Gasteiger partial charge in [0.15, 0.2) is 0 Å². The van der Waals surface area contributed by atoms with Gasteiger partial charge in [-0.15, -0.1) is 0 Å². The van der Waals surface area contributed by atoms with Crippen LogP contribution in [0.3, 0.4) is 0 Å². The molecule has 1 heterocycles. The standard InChI is InChI=1S/C16H32N2O/c1-12(2)14-6-7-15(17)16(9-14)18-8-4-5-13(10-18)11-19-3/h12-16H,4-11,17H2,1-3H3. The smallest absolute Gasteiger partial charge is 0.0502 e. The molecule has 0 radical (unpaired) electrons. The molecule has 0 aromatic heterocycles. The van der Waals surface area contributed by atoms with Crippen LogP contribution in [0.1, 0.15) is 46.0 Å². The highest BCUT2D eigenvalue weighted by Gasteiger charge is 2.35. The van der Waals surface area contributed by atoms with Crippen molar-refractivity contribution in [1.29, 1.82) is 0 Å². The van der Waals surface area contributed by atoms with E-state index < -0.39 is 0 Å². The van der Waals surface area contributed by atoms with Gasteiger partial charge in [0.25, 0.3) is 0 Å². The predicted molar refractivity (Wildman–Crippen MR) is 80.1 cm³/mol. The minimum absolute atomic E-state index is 0.385. The van der Waals surface area contributed by atoms with Gasteiger partial charge >= 0.3 is 0 Å². The van der Waals surface area contributed by atoms with Crippen molar-refractivity contribution in [2.75, 3.05) is 26.8 Å². The minimum Gasteiger partial charge on any atom is -0.384 e. The summed E-state index contributed by atoms with van der Waals surface area (Å²) in [4.78, 5) is 2.67. The van der Waals surface area contributed by atoms with Crippen LogP contribution in [-0.4, -0.2) is 43.8 Å². The Balaban J connectivity index is 1.94. The maximum atomic E-state index is 6.42. The van der Waals surface area contributed by atoms with Crippen molar-refractivity contribution in [2.45, 2.75) is 58.0 Å². The molecule has 0 amide bonds. The molecule has 3 heteroatoms. The lowest BCUT2D eigenvalue weighted by atomic mass is 9.76. The van der Waals surface area contributed by atoms with E-state index in [1.54, 1.807) is 0 Å². The fourth-order valence-electron chi connectivity index (χ4n) is 4.00. The lowest BCUT2D eigenvalue weighted by Crippen LogP contribution is -2.54. The summed E-state index contributed by atoms with van der Waals surface area (Å²) in [5, 5.41) is 0. The summed E-state index contributed by atoms with van der Waals surface area (Å²) in [6.07, 6.45) is 6.46. The van der Waals surface area contributed by atoms with Gasteiger partial charge in [-0.05, 0) is 56.4 Å². The molecule has 0 bridgehead atoms. The van der Waals surface area contributed by atoms with Gasteiger partial charge in [0.2, 0.25) is 0 Å². The Morgan fingerprint density at radius 2 is 2.05 bits per heavy atom. The van der Waals surface area contributed by atoms with E-state index in [0.29, 0.717) is 18.0 Å². The first kappa shape index (κ1) is 15.3. The summed E-state index contributed by atoms with van der Waals surface area (Å²) in [5.41, 5.74) is 6.42. The highest BCUT2D eigenvalue weighted by atomic mass is 16.5. The molecule has 19 heavy (non-hydrogen) atoms. The van der Waals surface area contributed by atoms with Crippen molar-refractivity contribution in [1.82, 2.24) is 4.90 Å². The SMILES string of the molecule is COCC1CCCN(C2CC(C(C)C)CCC2N)C1. The molecule has 1 saturated heterocycles. The Labute approximate surface area is 118 Å². The number of nitrogens with two attached hydrogens (primary N) is 1. The number of methoxy groups -OCH3 is 1. The monoisotopic (exact) mass is 268 g/mol. The van der Waals surface area contributed by atoms with Crippen molar-refractivity contribution in [2.24, 2.45) is 23.5 Å². The van der Waals surface area contributed by atoms with E-state index in [1.807, 2.05) is 7.11 Å². The van der Waals surface area contributed by atoms with Crippen LogP contribution in [0.2, 0.25) is 0 Å². The first-order valence-corrected chi connectivity index (χ1v) is 8.10. The van der Waals surface area contributed by atoms with Crippen LogP contribution in [0, 0.1) is 17.8 Å². The molecule has 1 saturated carbocycles.